The number of ketones is 1. The van der Waals surface area contributed by atoms with Gasteiger partial charge in [0.2, 0.25) is 0 Å². The van der Waals surface area contributed by atoms with Crippen molar-refractivity contribution >= 4 is 22.7 Å². The number of Topliss-reactive ketones (excluding diaryl/α,β-unsaturated/α-hetero) is 1. The molecule has 0 aliphatic heterocycles. The minimum absolute atomic E-state index is 0.0336. The zero-order chi connectivity index (χ0) is 10.9. The third kappa shape index (κ3) is 2.01. The molecule has 0 aliphatic rings. The second kappa shape index (κ2) is 3.92. The van der Waals surface area contributed by atoms with Gasteiger partial charge in [0.05, 0.1) is 11.3 Å². The van der Waals surface area contributed by atoms with E-state index in [2.05, 4.69) is 4.98 Å². The largest absolute Gasteiger partial charge is 0.512 e. The van der Waals surface area contributed by atoms with E-state index in [0.29, 0.717) is 10.6 Å². The Bertz CT molecular complexity index is 381. The van der Waals surface area contributed by atoms with Crippen molar-refractivity contribution in [3.05, 3.63) is 21.3 Å². The number of hydrogen-bond acceptors (Lipinski definition) is 4. The fraction of sp³-hybridized carbons (Fsp3) is 0.400. The summed E-state index contributed by atoms with van der Waals surface area (Å²) in [6.07, 6.45) is 0. The van der Waals surface area contributed by atoms with Crippen LogP contribution in [0.15, 0.2) is 5.76 Å². The molecule has 1 rings (SSSR count). The van der Waals surface area contributed by atoms with Crippen LogP contribution >= 0.6 is 11.3 Å². The van der Waals surface area contributed by atoms with E-state index in [1.807, 2.05) is 13.8 Å². The lowest BCUT2D eigenvalue weighted by Crippen LogP contribution is -1.98. The zero-order valence-electron chi connectivity index (χ0n) is 8.71. The molecule has 0 bridgehead atoms. The Kier molecular flexibility index (Phi) is 3.06. The summed E-state index contributed by atoms with van der Waals surface area (Å²) in [6.45, 7) is 6.77. The van der Waals surface area contributed by atoms with E-state index >= 15 is 0 Å². The predicted octanol–water partition coefficient (Wildman–Crippen LogP) is 2.64. The van der Waals surface area contributed by atoms with Gasteiger partial charge in [0, 0.05) is 4.88 Å². The van der Waals surface area contributed by atoms with E-state index in [9.17, 15) is 9.90 Å². The predicted molar refractivity (Wildman–Crippen MR) is 57.5 cm³/mol. The topological polar surface area (TPSA) is 50.2 Å². The van der Waals surface area contributed by atoms with Crippen LogP contribution in [0.3, 0.4) is 0 Å². The molecule has 1 aromatic rings. The van der Waals surface area contributed by atoms with Crippen LogP contribution in [0.4, 0.5) is 0 Å². The Balaban J connectivity index is 3.27. The van der Waals surface area contributed by atoms with Crippen LogP contribution in [0.2, 0.25) is 0 Å². The number of rotatable bonds is 2. The van der Waals surface area contributed by atoms with Gasteiger partial charge in [-0.25, -0.2) is 4.98 Å². The van der Waals surface area contributed by atoms with Crippen molar-refractivity contribution in [2.24, 2.45) is 0 Å². The number of aromatic nitrogens is 1. The molecule has 0 unspecified atom stereocenters. The zero-order valence-corrected chi connectivity index (χ0v) is 9.53. The van der Waals surface area contributed by atoms with Crippen LogP contribution in [0.25, 0.3) is 5.57 Å². The first kappa shape index (κ1) is 10.9. The number of carbonyl (C=O) groups excluding carboxylic acids is 1. The second-order valence-electron chi connectivity index (χ2n) is 3.18. The lowest BCUT2D eigenvalue weighted by molar-refractivity contribution is -0.111. The highest BCUT2D eigenvalue weighted by atomic mass is 32.1. The molecule has 76 valence electrons. The quantitative estimate of drug-likeness (QED) is 0.604. The van der Waals surface area contributed by atoms with Gasteiger partial charge < -0.3 is 5.11 Å². The summed E-state index contributed by atoms with van der Waals surface area (Å²) in [4.78, 5) is 16.6. The minimum atomic E-state index is -0.154. The van der Waals surface area contributed by atoms with Gasteiger partial charge in [-0.15, -0.1) is 11.3 Å². The summed E-state index contributed by atoms with van der Waals surface area (Å²) in [5, 5.41) is 9.97. The fourth-order valence-electron chi connectivity index (χ4n) is 1.14. The summed E-state index contributed by atoms with van der Waals surface area (Å²) < 4.78 is 0. The number of thiazole rings is 1. The average molecular weight is 211 g/mol. The Hall–Kier alpha value is -1.16. The van der Waals surface area contributed by atoms with Crippen LogP contribution in [0.1, 0.15) is 29.4 Å². The van der Waals surface area contributed by atoms with Crippen LogP contribution < -0.4 is 0 Å². The molecular formula is C10H13NO2S. The van der Waals surface area contributed by atoms with Crippen LogP contribution in [-0.4, -0.2) is 15.9 Å². The standard InChI is InChI=1S/C10H13NO2S/c1-5-8(4)14-10(11-5)9(6(2)12)7(3)13/h12H,1-4H3/b9-6-. The molecule has 0 radical (unpaired) electrons. The summed E-state index contributed by atoms with van der Waals surface area (Å²) in [5.74, 6) is -0.120. The van der Waals surface area contributed by atoms with E-state index in [0.717, 1.165) is 10.6 Å². The van der Waals surface area contributed by atoms with Crippen molar-refractivity contribution in [3.8, 4) is 0 Å². The van der Waals surface area contributed by atoms with E-state index in [1.165, 1.54) is 25.2 Å². The Morgan fingerprint density at radius 2 is 1.93 bits per heavy atom. The summed E-state index contributed by atoms with van der Waals surface area (Å²) in [5.41, 5.74) is 1.23. The maximum absolute atomic E-state index is 11.3. The van der Waals surface area contributed by atoms with Crippen molar-refractivity contribution < 1.29 is 9.90 Å². The SMILES string of the molecule is CC(=O)/C(=C(\C)O)c1nc(C)c(C)s1. The lowest BCUT2D eigenvalue weighted by Gasteiger charge is -1.99. The molecule has 3 nitrogen and oxygen atoms in total. The molecule has 1 N–H and O–H groups in total. The molecule has 1 aromatic heterocycles. The Morgan fingerprint density at radius 1 is 1.36 bits per heavy atom. The molecular weight excluding hydrogens is 198 g/mol. The smallest absolute Gasteiger partial charge is 0.166 e. The molecule has 0 aliphatic carbocycles. The van der Waals surface area contributed by atoms with E-state index in [4.69, 9.17) is 0 Å². The minimum Gasteiger partial charge on any atom is -0.512 e. The molecule has 0 fully saturated rings. The van der Waals surface area contributed by atoms with Gasteiger partial charge in [-0.2, -0.15) is 0 Å². The Labute approximate surface area is 87.1 Å². The highest BCUT2D eigenvalue weighted by Crippen LogP contribution is 2.25. The van der Waals surface area contributed by atoms with Gasteiger partial charge in [0.15, 0.2) is 5.78 Å². The molecule has 0 spiro atoms. The van der Waals surface area contributed by atoms with Gasteiger partial charge >= 0.3 is 0 Å². The number of hydrogen-bond donors (Lipinski definition) is 1. The molecule has 14 heavy (non-hydrogen) atoms. The third-order valence-corrected chi connectivity index (χ3v) is 3.05. The summed E-state index contributed by atoms with van der Waals surface area (Å²) >= 11 is 1.43. The van der Waals surface area contributed by atoms with Crippen LogP contribution in [0.5, 0.6) is 0 Å². The van der Waals surface area contributed by atoms with E-state index in [1.54, 1.807) is 0 Å². The first-order valence-electron chi connectivity index (χ1n) is 4.28. The molecule has 4 heteroatoms. The number of aliphatic hydroxyl groups excluding tert-OH is 1. The Morgan fingerprint density at radius 3 is 2.21 bits per heavy atom. The fourth-order valence-corrected chi connectivity index (χ4v) is 2.20. The van der Waals surface area contributed by atoms with E-state index < -0.39 is 0 Å². The van der Waals surface area contributed by atoms with E-state index in [-0.39, 0.29) is 11.5 Å². The van der Waals surface area contributed by atoms with Crippen molar-refractivity contribution in [2.75, 3.05) is 0 Å². The number of aliphatic hydroxyl groups is 1. The van der Waals surface area contributed by atoms with Gasteiger partial charge in [-0.1, -0.05) is 0 Å². The monoisotopic (exact) mass is 211 g/mol. The summed E-state index contributed by atoms with van der Waals surface area (Å²) in [7, 11) is 0. The third-order valence-electron chi connectivity index (χ3n) is 1.96. The average Bonchev–Trinajstić information content (AvgIpc) is 2.29. The molecule has 0 amide bonds. The highest BCUT2D eigenvalue weighted by Gasteiger charge is 2.15. The molecule has 0 saturated heterocycles. The van der Waals surface area contributed by atoms with Crippen molar-refractivity contribution in [2.45, 2.75) is 27.7 Å². The van der Waals surface area contributed by atoms with Gasteiger partial charge in [0.25, 0.3) is 0 Å². The summed E-state index contributed by atoms with van der Waals surface area (Å²) in [6, 6.07) is 0. The number of nitrogens with zero attached hydrogens (tertiary/aromatic N) is 1. The molecule has 1 heterocycles. The van der Waals surface area contributed by atoms with Crippen molar-refractivity contribution in [1.82, 2.24) is 4.98 Å². The van der Waals surface area contributed by atoms with Gasteiger partial charge in [-0.3, -0.25) is 4.79 Å². The molecule has 0 aromatic carbocycles. The number of allylic oxidation sites excluding steroid dienone is 2. The van der Waals surface area contributed by atoms with Gasteiger partial charge in [-0.05, 0) is 27.7 Å². The molecule has 0 saturated carbocycles. The maximum Gasteiger partial charge on any atom is 0.166 e. The normalized spacial score (nSPS) is 12.6. The number of aryl methyl sites for hydroxylation is 2. The maximum atomic E-state index is 11.3. The first-order chi connectivity index (χ1) is 6.43. The van der Waals surface area contributed by atoms with Gasteiger partial charge in [0.1, 0.15) is 10.8 Å². The lowest BCUT2D eigenvalue weighted by atomic mass is 10.2. The number of carbonyl (C=O) groups is 1. The highest BCUT2D eigenvalue weighted by molar-refractivity contribution is 7.13. The van der Waals surface area contributed by atoms with Crippen LogP contribution in [0, 0.1) is 13.8 Å². The van der Waals surface area contributed by atoms with Crippen molar-refractivity contribution in [3.63, 3.8) is 0 Å². The van der Waals surface area contributed by atoms with Crippen molar-refractivity contribution in [1.29, 1.82) is 0 Å². The first-order valence-corrected chi connectivity index (χ1v) is 5.10. The van der Waals surface area contributed by atoms with Crippen LogP contribution in [-0.2, 0) is 4.79 Å². The second-order valence-corrected chi connectivity index (χ2v) is 4.38. The molecule has 0 atom stereocenters.